The minimum absolute atomic E-state index is 0. The molecule has 0 aromatic rings. The molecule has 12 nitrogen and oxygen atoms in total. The first-order chi connectivity index (χ1) is 9.21. The second-order valence-corrected chi connectivity index (χ2v) is 6.15. The van der Waals surface area contributed by atoms with Gasteiger partial charge in [0.05, 0.1) is 38.3 Å². The highest BCUT2D eigenvalue weighted by atomic mass is 32.2. The predicted molar refractivity (Wildman–Crippen MR) is 76.5 cm³/mol. The fourth-order valence-electron chi connectivity index (χ4n) is 0.399. The van der Waals surface area contributed by atoms with Crippen molar-refractivity contribution in [1.82, 2.24) is 0 Å². The zero-order valence-corrected chi connectivity index (χ0v) is 13.3. The third kappa shape index (κ3) is 77.0. The Labute approximate surface area is 134 Å². The van der Waals surface area contributed by atoms with Gasteiger partial charge < -0.3 is 29.5 Å². The lowest BCUT2D eigenvalue weighted by molar-refractivity contribution is -0.140. The predicted octanol–water partition coefficient (Wildman–Crippen LogP) is -2.48. The summed E-state index contributed by atoms with van der Waals surface area (Å²) in [6.07, 6.45) is 0. The molecule has 0 saturated heterocycles. The highest BCUT2D eigenvalue weighted by Gasteiger charge is 1.96. The molecule has 0 aromatic carbocycles. The Hall–Kier alpha value is -1.32. The second kappa shape index (κ2) is 17.0. The van der Waals surface area contributed by atoms with Crippen LogP contribution < -0.4 is 0 Å². The molecule has 144 valence electrons. The van der Waals surface area contributed by atoms with Crippen LogP contribution in [-0.2, 0) is 34.6 Å². The average Bonchev–Trinajstić information content (AvgIpc) is 2.11. The first kappa shape index (κ1) is 33.3. The van der Waals surface area contributed by atoms with Crippen LogP contribution in [0.15, 0.2) is 0 Å². The normalized spacial score (nSPS) is 9.43. The first-order valence-corrected chi connectivity index (χ1v) is 8.17. The van der Waals surface area contributed by atoms with Gasteiger partial charge in [-0.2, -0.15) is 0 Å². The van der Waals surface area contributed by atoms with Crippen molar-refractivity contribution in [2.24, 2.45) is 0 Å². The molecule has 0 amide bonds. The Morgan fingerprint density at radius 3 is 1.43 bits per heavy atom. The molecule has 0 unspecified atom stereocenters. The molecule has 0 radical (unpaired) electrons. The van der Waals surface area contributed by atoms with Crippen LogP contribution in [-0.4, -0.2) is 78.3 Å². The number of aliphatic hydroxyl groups excluding tert-OH is 1. The summed E-state index contributed by atoms with van der Waals surface area (Å²) in [5.41, 5.74) is 0. The number of carboxylic acid groups (broad SMARTS) is 1. The van der Waals surface area contributed by atoms with E-state index in [9.17, 15) is 30.7 Å². The molecule has 23 heavy (non-hydrogen) atoms. The SMILES string of the molecule is C.CC(=O)O.CC(=O)OCCS(=O)(=O)[O-].O.O=S(=O)([O-])CCO. The van der Waals surface area contributed by atoms with Gasteiger partial charge in [0.1, 0.15) is 6.61 Å². The van der Waals surface area contributed by atoms with E-state index in [1.54, 1.807) is 0 Å². The Balaban J connectivity index is -0.0000000735. The lowest BCUT2D eigenvalue weighted by atomic mass is 10.8. The highest BCUT2D eigenvalue weighted by molar-refractivity contribution is 7.85. The number of rotatable bonds is 5. The number of hydrogen-bond donors (Lipinski definition) is 2. The van der Waals surface area contributed by atoms with Crippen LogP contribution in [0.4, 0.5) is 0 Å². The topological polar surface area (TPSA) is 230 Å². The van der Waals surface area contributed by atoms with Crippen molar-refractivity contribution in [2.75, 3.05) is 24.7 Å². The zero-order chi connectivity index (χ0) is 17.7. The molecule has 0 aliphatic carbocycles. The van der Waals surface area contributed by atoms with E-state index in [4.69, 9.17) is 15.0 Å². The molecule has 0 saturated carbocycles. The maximum Gasteiger partial charge on any atom is 0.302 e. The van der Waals surface area contributed by atoms with Crippen molar-refractivity contribution in [3.05, 3.63) is 0 Å². The van der Waals surface area contributed by atoms with Crippen LogP contribution in [0, 0.1) is 0 Å². The number of aliphatic hydroxyl groups is 1. The molecule has 0 rings (SSSR count). The maximum atomic E-state index is 10.0. The summed E-state index contributed by atoms with van der Waals surface area (Å²) in [6.45, 7) is 1.27. The number of carbonyl (C=O) groups is 2. The maximum absolute atomic E-state index is 10.0. The fourth-order valence-corrected chi connectivity index (χ4v) is 0.910. The monoisotopic (exact) mass is 386 g/mol. The van der Waals surface area contributed by atoms with E-state index in [2.05, 4.69) is 4.74 Å². The van der Waals surface area contributed by atoms with E-state index in [0.29, 0.717) is 0 Å². The number of carboxylic acids is 1. The van der Waals surface area contributed by atoms with Gasteiger partial charge in [-0.05, 0) is 0 Å². The van der Waals surface area contributed by atoms with Crippen molar-refractivity contribution in [3.63, 3.8) is 0 Å². The van der Waals surface area contributed by atoms with Crippen LogP contribution in [0.1, 0.15) is 21.3 Å². The minimum Gasteiger partial charge on any atom is -0.748 e. The third-order valence-electron chi connectivity index (χ3n) is 0.980. The molecule has 0 bridgehead atoms. The van der Waals surface area contributed by atoms with Gasteiger partial charge in [-0.3, -0.25) is 9.59 Å². The zero-order valence-electron chi connectivity index (χ0n) is 11.7. The summed E-state index contributed by atoms with van der Waals surface area (Å²) in [7, 11) is -8.42. The summed E-state index contributed by atoms with van der Waals surface area (Å²) in [6, 6.07) is 0. The molecule has 14 heteroatoms. The Morgan fingerprint density at radius 1 is 1.00 bits per heavy atom. The van der Waals surface area contributed by atoms with E-state index in [-0.39, 0.29) is 19.5 Å². The quantitative estimate of drug-likeness (QED) is 0.371. The first-order valence-electron chi connectivity index (χ1n) is 5.02. The number of esters is 1. The number of hydrogen-bond acceptors (Lipinski definition) is 10. The molecule has 0 spiro atoms. The molecule has 4 N–H and O–H groups in total. The van der Waals surface area contributed by atoms with Gasteiger partial charge in [-0.25, -0.2) is 16.8 Å². The summed E-state index contributed by atoms with van der Waals surface area (Å²) in [4.78, 5) is 19.0. The molecule has 0 aliphatic rings. The van der Waals surface area contributed by atoms with Crippen LogP contribution in [0.5, 0.6) is 0 Å². The Bertz CT molecular complexity index is 489. The molecule has 0 aromatic heterocycles. The van der Waals surface area contributed by atoms with Gasteiger partial charge in [0, 0.05) is 13.8 Å². The van der Waals surface area contributed by atoms with Gasteiger partial charge in [-0.15, -0.1) is 0 Å². The molecular weight excluding hydrogens is 364 g/mol. The largest absolute Gasteiger partial charge is 0.748 e. The highest BCUT2D eigenvalue weighted by Crippen LogP contribution is 1.83. The van der Waals surface area contributed by atoms with Crippen molar-refractivity contribution < 1.29 is 56.0 Å². The summed E-state index contributed by atoms with van der Waals surface area (Å²) >= 11 is 0. The van der Waals surface area contributed by atoms with E-state index >= 15 is 0 Å². The van der Waals surface area contributed by atoms with E-state index in [1.807, 2.05) is 0 Å². The standard InChI is InChI=1S/C4H8O5S.C2H6O4S.C2H4O2.CH4.H2O/c1-4(5)9-2-3-10(6,7)8;3-1-2-7(4,5)6;1-2(3)4;;/h2-3H2,1H3,(H,6,7,8);3H,1-2H2,(H,4,5,6);1H3,(H,3,4);1H4;1H2/p-2. The molecule has 0 fully saturated rings. The van der Waals surface area contributed by atoms with Gasteiger partial charge in [-0.1, -0.05) is 7.43 Å². The van der Waals surface area contributed by atoms with Crippen molar-refractivity contribution in [1.29, 1.82) is 0 Å². The van der Waals surface area contributed by atoms with Gasteiger partial charge in [0.15, 0.2) is 0 Å². The van der Waals surface area contributed by atoms with Crippen molar-refractivity contribution in [3.8, 4) is 0 Å². The van der Waals surface area contributed by atoms with Crippen LogP contribution >= 0.6 is 0 Å². The van der Waals surface area contributed by atoms with Gasteiger partial charge in [0.25, 0.3) is 5.97 Å². The van der Waals surface area contributed by atoms with Crippen molar-refractivity contribution >= 4 is 32.2 Å². The fraction of sp³-hybridized carbons (Fsp3) is 0.778. The van der Waals surface area contributed by atoms with Crippen LogP contribution in [0.3, 0.4) is 0 Å². The molecular formula is C9H22O12S2-2. The van der Waals surface area contributed by atoms with E-state index in [1.165, 1.54) is 0 Å². The summed E-state index contributed by atoms with van der Waals surface area (Å²) in [5, 5.41) is 15.2. The summed E-state index contributed by atoms with van der Waals surface area (Å²) < 4.78 is 62.3. The van der Waals surface area contributed by atoms with E-state index in [0.717, 1.165) is 13.8 Å². The molecule has 0 atom stereocenters. The van der Waals surface area contributed by atoms with Gasteiger partial charge >= 0.3 is 5.97 Å². The summed E-state index contributed by atoms with van der Waals surface area (Å²) in [5.74, 6) is -2.77. The Morgan fingerprint density at radius 2 is 1.30 bits per heavy atom. The van der Waals surface area contributed by atoms with Crippen LogP contribution in [0.2, 0.25) is 0 Å². The average molecular weight is 386 g/mol. The lowest BCUT2D eigenvalue weighted by Crippen LogP contribution is -2.12. The number of carbonyl (C=O) groups excluding carboxylic acids is 1. The molecule has 0 heterocycles. The molecule has 0 aliphatic heterocycles. The lowest BCUT2D eigenvalue weighted by Gasteiger charge is -2.05. The second-order valence-electron chi connectivity index (χ2n) is 3.11. The minimum atomic E-state index is -4.25. The van der Waals surface area contributed by atoms with Crippen molar-refractivity contribution in [2.45, 2.75) is 21.3 Å². The van der Waals surface area contributed by atoms with Crippen LogP contribution in [0.25, 0.3) is 0 Å². The third-order valence-corrected chi connectivity index (χ3v) is 2.33. The van der Waals surface area contributed by atoms with E-state index < -0.39 is 50.3 Å². The number of ether oxygens (including phenoxy) is 1. The van der Waals surface area contributed by atoms with Gasteiger partial charge in [0.2, 0.25) is 0 Å². The smallest absolute Gasteiger partial charge is 0.302 e. The Kier molecular flexibility index (Phi) is 24.7. The number of aliphatic carboxylic acids is 1.